The summed E-state index contributed by atoms with van der Waals surface area (Å²) < 4.78 is 19.3. The smallest absolute Gasteiger partial charge is 0.200 e. The van der Waals surface area contributed by atoms with Gasteiger partial charge in [0.05, 0.1) is 18.3 Å². The molecular formula is C28H37N3O8S2. The number of ether oxygens (including phenoxy) is 2. The zero-order valence-corrected chi connectivity index (χ0v) is 24.8. The van der Waals surface area contributed by atoms with Gasteiger partial charge in [0.25, 0.3) is 0 Å². The Morgan fingerprint density at radius 3 is 2.61 bits per heavy atom. The fourth-order valence-corrected chi connectivity index (χ4v) is 8.43. The van der Waals surface area contributed by atoms with E-state index in [0.717, 1.165) is 25.7 Å². The summed E-state index contributed by atoms with van der Waals surface area (Å²) in [7, 11) is 2.84. The maximum absolute atomic E-state index is 14.3. The molecule has 2 aliphatic heterocycles. The number of hydrogen-bond donors (Lipinski definition) is 5. The number of nitrogens with zero attached hydrogens (tertiary/aromatic N) is 1. The number of fused-ring (bicyclic) bond motifs is 3. The topological polar surface area (TPSA) is 191 Å². The number of rotatable bonds is 7. The molecule has 1 aromatic heterocycles. The maximum Gasteiger partial charge on any atom is 0.200 e. The first kappa shape index (κ1) is 30.0. The lowest BCUT2D eigenvalue weighted by atomic mass is 9.91. The van der Waals surface area contributed by atoms with Gasteiger partial charge in [0.15, 0.2) is 11.4 Å². The number of aldehydes is 1. The van der Waals surface area contributed by atoms with Crippen molar-refractivity contribution in [3.05, 3.63) is 32.7 Å². The Hall–Kier alpha value is -2.45. The highest BCUT2D eigenvalue weighted by atomic mass is 33.1. The average Bonchev–Trinajstić information content (AvgIpc) is 3.58. The van der Waals surface area contributed by atoms with Gasteiger partial charge in [0.2, 0.25) is 0 Å². The first-order valence-corrected chi connectivity index (χ1v) is 16.3. The number of nitrogens with two attached hydrogens (primary N) is 2. The van der Waals surface area contributed by atoms with E-state index in [4.69, 9.17) is 25.4 Å². The van der Waals surface area contributed by atoms with E-state index in [1.54, 1.807) is 13.8 Å². The van der Waals surface area contributed by atoms with Gasteiger partial charge in [-0.25, -0.2) is 4.99 Å². The summed E-state index contributed by atoms with van der Waals surface area (Å²) in [4.78, 5) is 30.3. The zero-order chi connectivity index (χ0) is 29.5. The molecule has 1 fully saturated rings. The van der Waals surface area contributed by atoms with Crippen molar-refractivity contribution in [1.82, 2.24) is 0 Å². The molecule has 11 nitrogen and oxygen atoms in total. The molecule has 1 saturated carbocycles. The lowest BCUT2D eigenvalue weighted by molar-refractivity contribution is -0.107. The van der Waals surface area contributed by atoms with E-state index in [9.17, 15) is 24.9 Å². The molecule has 3 atom stereocenters. The van der Waals surface area contributed by atoms with Crippen LogP contribution in [0.5, 0.6) is 11.5 Å². The molecule has 3 heterocycles. The van der Waals surface area contributed by atoms with Crippen LogP contribution in [-0.4, -0.2) is 63.3 Å². The van der Waals surface area contributed by atoms with Crippen LogP contribution in [0.1, 0.15) is 74.5 Å². The molecule has 0 amide bonds. The Bertz CT molecular complexity index is 1410. The van der Waals surface area contributed by atoms with Crippen molar-refractivity contribution in [2.45, 2.75) is 94.0 Å². The first-order valence-electron chi connectivity index (χ1n) is 13.8. The summed E-state index contributed by atoms with van der Waals surface area (Å²) in [6.45, 7) is 2.88. The summed E-state index contributed by atoms with van der Waals surface area (Å²) in [6, 6.07) is 0. The van der Waals surface area contributed by atoms with Crippen molar-refractivity contribution in [2.24, 2.45) is 16.5 Å². The fraction of sp³-hybridized carbons (Fsp3) is 0.607. The molecule has 13 heteroatoms. The predicted molar refractivity (Wildman–Crippen MR) is 159 cm³/mol. The van der Waals surface area contributed by atoms with Crippen molar-refractivity contribution in [3.8, 4) is 11.5 Å². The van der Waals surface area contributed by atoms with Gasteiger partial charge in [-0.05, 0) is 39.5 Å². The SMILES string of the molecule is CC(C)(O)[C@@H]1Cc2c(c3c4oc(c(CC=O)c(=O)c4c2OC2CCCC2)[C@H](O)C[C@@](CO)(N=C(N)N)CSSC3)O1. The molecule has 0 saturated heterocycles. The van der Waals surface area contributed by atoms with E-state index in [0.29, 0.717) is 41.1 Å². The molecule has 7 N–H and O–H groups in total. The second-order valence-electron chi connectivity index (χ2n) is 11.6. The van der Waals surface area contributed by atoms with Crippen molar-refractivity contribution in [3.63, 3.8) is 0 Å². The van der Waals surface area contributed by atoms with E-state index in [-0.39, 0.29) is 53.0 Å². The normalized spacial score (nSPS) is 25.0. The molecule has 5 rings (SSSR count). The number of benzene rings is 1. The van der Waals surface area contributed by atoms with Crippen LogP contribution >= 0.6 is 21.6 Å². The van der Waals surface area contributed by atoms with E-state index >= 15 is 0 Å². The van der Waals surface area contributed by atoms with Gasteiger partial charge in [-0.2, -0.15) is 0 Å². The Kier molecular flexibility index (Phi) is 8.55. The molecule has 41 heavy (non-hydrogen) atoms. The molecule has 0 radical (unpaired) electrons. The number of hydrogen-bond acceptors (Lipinski definition) is 11. The van der Waals surface area contributed by atoms with Crippen LogP contribution in [0.3, 0.4) is 0 Å². The van der Waals surface area contributed by atoms with Crippen LogP contribution in [-0.2, 0) is 23.4 Å². The van der Waals surface area contributed by atoms with E-state index < -0.39 is 35.4 Å². The first-order chi connectivity index (χ1) is 19.5. The Labute approximate surface area is 245 Å². The highest BCUT2D eigenvalue weighted by Crippen LogP contribution is 2.50. The van der Waals surface area contributed by atoms with Gasteiger partial charge in [-0.1, -0.05) is 21.6 Å². The number of aliphatic hydroxyl groups excluding tert-OH is 2. The number of carbonyl (C=O) groups is 1. The average molecular weight is 608 g/mol. The Morgan fingerprint density at radius 1 is 1.24 bits per heavy atom. The molecule has 224 valence electrons. The molecule has 2 aromatic rings. The van der Waals surface area contributed by atoms with Gasteiger partial charge in [0.1, 0.15) is 52.3 Å². The van der Waals surface area contributed by atoms with E-state index in [2.05, 4.69) is 4.99 Å². The minimum absolute atomic E-state index is 0.0104. The Balaban J connectivity index is 1.79. The van der Waals surface area contributed by atoms with Crippen LogP contribution < -0.4 is 26.4 Å². The molecule has 0 unspecified atom stereocenters. The third-order valence-corrected chi connectivity index (χ3v) is 10.5. The van der Waals surface area contributed by atoms with Gasteiger partial charge >= 0.3 is 0 Å². The lowest BCUT2D eigenvalue weighted by Gasteiger charge is -2.29. The molecule has 1 aliphatic carbocycles. The molecule has 2 bridgehead atoms. The predicted octanol–water partition coefficient (Wildman–Crippen LogP) is 2.25. The van der Waals surface area contributed by atoms with Gasteiger partial charge in [0, 0.05) is 47.5 Å². The molecule has 1 aromatic carbocycles. The van der Waals surface area contributed by atoms with E-state index in [1.807, 2.05) is 0 Å². The van der Waals surface area contributed by atoms with Crippen molar-refractivity contribution >= 4 is 44.8 Å². The van der Waals surface area contributed by atoms with Gasteiger partial charge in [-0.3, -0.25) is 4.79 Å². The highest BCUT2D eigenvalue weighted by Gasteiger charge is 2.42. The van der Waals surface area contributed by atoms with Crippen LogP contribution in [0.15, 0.2) is 14.2 Å². The second kappa shape index (κ2) is 11.7. The summed E-state index contributed by atoms with van der Waals surface area (Å²) in [5.74, 6) is 1.10. The van der Waals surface area contributed by atoms with Crippen molar-refractivity contribution in [1.29, 1.82) is 0 Å². The fourth-order valence-electron chi connectivity index (χ4n) is 5.88. The van der Waals surface area contributed by atoms with Gasteiger partial charge in [-0.15, -0.1) is 0 Å². The minimum atomic E-state index is -1.41. The highest BCUT2D eigenvalue weighted by molar-refractivity contribution is 8.76. The third-order valence-electron chi connectivity index (χ3n) is 8.02. The van der Waals surface area contributed by atoms with E-state index in [1.165, 1.54) is 21.6 Å². The van der Waals surface area contributed by atoms with Crippen molar-refractivity contribution in [2.75, 3.05) is 12.4 Å². The standard InChI is InChI=1S/C28H37N3O8S2/c1-27(2,36)19-9-16-22(38-19)17-11-40-41-13-28(12-33,31-26(29)30)10-18(34)23-15(7-8-32)21(35)20(25(17)39-23)24(16)37-14-5-3-4-6-14/h8,14,18-19,33-34,36H,3-7,9-13H2,1-2H3,(H4,29,30,31)/t18-,19+,28+/m1/s1. The van der Waals surface area contributed by atoms with Crippen LogP contribution in [0.2, 0.25) is 0 Å². The van der Waals surface area contributed by atoms with Gasteiger partial charge < -0.3 is 45.5 Å². The monoisotopic (exact) mass is 607 g/mol. The number of aliphatic imine (C=N–C) groups is 1. The number of aliphatic hydroxyl groups is 3. The number of carbonyl (C=O) groups excluding carboxylic acids is 1. The van der Waals surface area contributed by atoms with Crippen LogP contribution in [0.4, 0.5) is 0 Å². The maximum atomic E-state index is 14.3. The molecule has 3 aliphatic rings. The van der Waals surface area contributed by atoms with Crippen LogP contribution in [0, 0.1) is 0 Å². The summed E-state index contributed by atoms with van der Waals surface area (Å²) in [5, 5.41) is 32.9. The minimum Gasteiger partial charge on any atom is -0.489 e. The summed E-state index contributed by atoms with van der Waals surface area (Å²) >= 11 is 0. The quantitative estimate of drug-likeness (QED) is 0.134. The van der Waals surface area contributed by atoms with Crippen molar-refractivity contribution < 1.29 is 34.0 Å². The molecular weight excluding hydrogens is 570 g/mol. The second-order valence-corrected chi connectivity index (χ2v) is 14.1. The largest absolute Gasteiger partial charge is 0.489 e. The number of guanidine groups is 1. The third kappa shape index (κ3) is 5.79. The van der Waals surface area contributed by atoms with Crippen LogP contribution in [0.25, 0.3) is 11.0 Å². The lowest BCUT2D eigenvalue weighted by Crippen LogP contribution is -2.40. The summed E-state index contributed by atoms with van der Waals surface area (Å²) in [6.07, 6.45) is 2.10. The Morgan fingerprint density at radius 2 is 1.98 bits per heavy atom. The zero-order valence-electron chi connectivity index (χ0n) is 23.2. The summed E-state index contributed by atoms with van der Waals surface area (Å²) in [5.41, 5.74) is 9.96. The molecule has 0 spiro atoms.